The number of pyridine rings is 1. The topological polar surface area (TPSA) is 50.3 Å². The molecule has 0 spiro atoms. The Balaban J connectivity index is 1.69. The van der Waals surface area contributed by atoms with Gasteiger partial charge in [0, 0.05) is 12.7 Å². The molecule has 0 saturated heterocycles. The van der Waals surface area contributed by atoms with E-state index in [2.05, 4.69) is 9.88 Å². The first kappa shape index (κ1) is 16.1. The maximum absolute atomic E-state index is 12.4. The standard InChI is InChI=1S/C18H22N2O2S/c1-20(13-14-23(21,22)16-7-3-2-4-8-16)18(15-10-11-15)17-9-5-6-12-19-17/h2-9,12,15,18H,10-11,13-14H2,1H3. The Kier molecular flexibility index (Phi) is 4.78. The van der Waals surface area contributed by atoms with Crippen molar-refractivity contribution >= 4 is 9.84 Å². The van der Waals surface area contributed by atoms with Gasteiger partial charge in [-0.05, 0) is 50.1 Å². The second kappa shape index (κ2) is 6.81. The molecule has 0 bridgehead atoms. The van der Waals surface area contributed by atoms with Crippen LogP contribution in [-0.2, 0) is 9.84 Å². The van der Waals surface area contributed by atoms with E-state index in [0.29, 0.717) is 17.4 Å². The van der Waals surface area contributed by atoms with Gasteiger partial charge in [0.1, 0.15) is 0 Å². The van der Waals surface area contributed by atoms with Gasteiger partial charge in [-0.1, -0.05) is 24.3 Å². The maximum Gasteiger partial charge on any atom is 0.179 e. The average molecular weight is 330 g/mol. The molecule has 1 atom stereocenters. The molecule has 1 aromatic carbocycles. The van der Waals surface area contributed by atoms with E-state index in [1.54, 1.807) is 30.5 Å². The van der Waals surface area contributed by atoms with Gasteiger partial charge < -0.3 is 0 Å². The second-order valence-electron chi connectivity index (χ2n) is 6.15. The lowest BCUT2D eigenvalue weighted by Crippen LogP contribution is -2.31. The molecule has 2 aromatic rings. The van der Waals surface area contributed by atoms with Crippen LogP contribution in [0.2, 0.25) is 0 Å². The van der Waals surface area contributed by atoms with Crippen LogP contribution in [0.4, 0.5) is 0 Å². The van der Waals surface area contributed by atoms with Gasteiger partial charge in [0.25, 0.3) is 0 Å². The highest BCUT2D eigenvalue weighted by molar-refractivity contribution is 7.91. The van der Waals surface area contributed by atoms with Gasteiger partial charge in [-0.25, -0.2) is 8.42 Å². The molecule has 1 unspecified atom stereocenters. The molecule has 1 heterocycles. The van der Waals surface area contributed by atoms with Crippen molar-refractivity contribution in [1.82, 2.24) is 9.88 Å². The van der Waals surface area contributed by atoms with Crippen LogP contribution in [0.25, 0.3) is 0 Å². The second-order valence-corrected chi connectivity index (χ2v) is 8.26. The van der Waals surface area contributed by atoms with E-state index in [4.69, 9.17) is 0 Å². The molecule has 1 aromatic heterocycles. The predicted octanol–water partition coefficient (Wildman–Crippen LogP) is 2.94. The smallest absolute Gasteiger partial charge is 0.179 e. The first-order chi connectivity index (χ1) is 11.1. The molecule has 1 fully saturated rings. The van der Waals surface area contributed by atoms with Gasteiger partial charge in [-0.3, -0.25) is 9.88 Å². The number of rotatable bonds is 7. The van der Waals surface area contributed by atoms with Crippen molar-refractivity contribution in [3.8, 4) is 0 Å². The summed E-state index contributed by atoms with van der Waals surface area (Å²) >= 11 is 0. The SMILES string of the molecule is CN(CCS(=O)(=O)c1ccccc1)C(c1ccccn1)C1CC1. The van der Waals surface area contributed by atoms with E-state index >= 15 is 0 Å². The van der Waals surface area contributed by atoms with Crippen molar-refractivity contribution in [2.45, 2.75) is 23.8 Å². The normalized spacial score (nSPS) is 16.4. The fraction of sp³-hybridized carbons (Fsp3) is 0.389. The summed E-state index contributed by atoms with van der Waals surface area (Å²) in [6.07, 6.45) is 4.19. The van der Waals surface area contributed by atoms with Crippen molar-refractivity contribution in [3.05, 3.63) is 60.4 Å². The van der Waals surface area contributed by atoms with Gasteiger partial charge in [-0.2, -0.15) is 0 Å². The summed E-state index contributed by atoms with van der Waals surface area (Å²) < 4.78 is 24.9. The summed E-state index contributed by atoms with van der Waals surface area (Å²) in [6.45, 7) is 0.509. The van der Waals surface area contributed by atoms with Gasteiger partial charge in [0.05, 0.1) is 22.4 Å². The van der Waals surface area contributed by atoms with Crippen LogP contribution < -0.4 is 0 Å². The van der Waals surface area contributed by atoms with Crippen LogP contribution in [0.3, 0.4) is 0 Å². The molecule has 5 heteroatoms. The van der Waals surface area contributed by atoms with Crippen LogP contribution in [0.5, 0.6) is 0 Å². The summed E-state index contributed by atoms with van der Waals surface area (Å²) in [4.78, 5) is 7.01. The lowest BCUT2D eigenvalue weighted by atomic mass is 10.1. The molecule has 23 heavy (non-hydrogen) atoms. The summed E-state index contributed by atoms with van der Waals surface area (Å²) in [5.74, 6) is 0.721. The Morgan fingerprint density at radius 1 is 1.13 bits per heavy atom. The highest BCUT2D eigenvalue weighted by atomic mass is 32.2. The fourth-order valence-corrected chi connectivity index (χ4v) is 4.27. The molecule has 3 rings (SSSR count). The minimum atomic E-state index is -3.24. The molecule has 1 aliphatic carbocycles. The highest BCUT2D eigenvalue weighted by Gasteiger charge is 2.36. The van der Waals surface area contributed by atoms with Crippen LogP contribution in [0, 0.1) is 5.92 Å². The van der Waals surface area contributed by atoms with Crippen molar-refractivity contribution in [2.75, 3.05) is 19.3 Å². The average Bonchev–Trinajstić information content (AvgIpc) is 3.40. The lowest BCUT2D eigenvalue weighted by molar-refractivity contribution is 0.228. The number of hydrogen-bond donors (Lipinski definition) is 0. The third-order valence-electron chi connectivity index (χ3n) is 4.35. The van der Waals surface area contributed by atoms with E-state index in [0.717, 1.165) is 5.69 Å². The highest BCUT2D eigenvalue weighted by Crippen LogP contribution is 2.43. The van der Waals surface area contributed by atoms with E-state index in [1.807, 2.05) is 31.3 Å². The molecular weight excluding hydrogens is 308 g/mol. The largest absolute Gasteiger partial charge is 0.297 e. The van der Waals surface area contributed by atoms with Gasteiger partial charge in [0.2, 0.25) is 0 Å². The summed E-state index contributed by atoms with van der Waals surface area (Å²) in [7, 11) is -1.24. The summed E-state index contributed by atoms with van der Waals surface area (Å²) in [6, 6.07) is 14.8. The number of sulfone groups is 1. The number of nitrogens with zero attached hydrogens (tertiary/aromatic N) is 2. The van der Waals surface area contributed by atoms with Crippen LogP contribution in [-0.4, -0.2) is 37.6 Å². The monoisotopic (exact) mass is 330 g/mol. The zero-order valence-corrected chi connectivity index (χ0v) is 14.1. The first-order valence-corrected chi connectivity index (χ1v) is 9.62. The van der Waals surface area contributed by atoms with Crippen LogP contribution in [0.15, 0.2) is 59.6 Å². The van der Waals surface area contributed by atoms with Crippen molar-refractivity contribution < 1.29 is 8.42 Å². The number of benzene rings is 1. The molecule has 0 aliphatic heterocycles. The molecule has 1 aliphatic rings. The molecule has 122 valence electrons. The number of hydrogen-bond acceptors (Lipinski definition) is 4. The summed E-state index contributed by atoms with van der Waals surface area (Å²) in [5, 5.41) is 0. The number of aromatic nitrogens is 1. The zero-order valence-electron chi connectivity index (χ0n) is 13.3. The molecule has 0 amide bonds. The Morgan fingerprint density at radius 3 is 2.43 bits per heavy atom. The quantitative estimate of drug-likeness (QED) is 0.783. The van der Waals surface area contributed by atoms with Crippen molar-refractivity contribution in [3.63, 3.8) is 0 Å². The van der Waals surface area contributed by atoms with Crippen LogP contribution >= 0.6 is 0 Å². The van der Waals surface area contributed by atoms with E-state index < -0.39 is 9.84 Å². The molecular formula is C18H22N2O2S. The minimum absolute atomic E-state index is 0.129. The maximum atomic E-state index is 12.4. The Labute approximate surface area is 138 Å². The Morgan fingerprint density at radius 2 is 1.83 bits per heavy atom. The zero-order chi connectivity index (χ0) is 16.3. The Bertz CT molecular complexity index is 728. The van der Waals surface area contributed by atoms with Gasteiger partial charge >= 0.3 is 0 Å². The lowest BCUT2D eigenvalue weighted by Gasteiger charge is -2.27. The van der Waals surface area contributed by atoms with Crippen molar-refractivity contribution in [2.24, 2.45) is 5.92 Å². The molecule has 0 N–H and O–H groups in total. The van der Waals surface area contributed by atoms with E-state index in [9.17, 15) is 8.42 Å². The van der Waals surface area contributed by atoms with E-state index in [-0.39, 0.29) is 11.8 Å². The fourth-order valence-electron chi connectivity index (χ4n) is 2.94. The minimum Gasteiger partial charge on any atom is -0.297 e. The van der Waals surface area contributed by atoms with Gasteiger partial charge in [0.15, 0.2) is 9.84 Å². The predicted molar refractivity (Wildman–Crippen MR) is 90.8 cm³/mol. The van der Waals surface area contributed by atoms with Crippen LogP contribution in [0.1, 0.15) is 24.6 Å². The molecule has 4 nitrogen and oxygen atoms in total. The Hall–Kier alpha value is -1.72. The molecule has 0 radical (unpaired) electrons. The van der Waals surface area contributed by atoms with E-state index in [1.165, 1.54) is 12.8 Å². The third kappa shape index (κ3) is 3.98. The van der Waals surface area contributed by atoms with Gasteiger partial charge in [-0.15, -0.1) is 0 Å². The summed E-state index contributed by atoms with van der Waals surface area (Å²) in [5.41, 5.74) is 1.04. The third-order valence-corrected chi connectivity index (χ3v) is 6.06. The first-order valence-electron chi connectivity index (χ1n) is 7.97. The van der Waals surface area contributed by atoms with Crippen molar-refractivity contribution in [1.29, 1.82) is 0 Å². The molecule has 1 saturated carbocycles.